The molecule has 1 heteroatoms. The summed E-state index contributed by atoms with van der Waals surface area (Å²) in [4.78, 5) is 0. The minimum absolute atomic E-state index is 0.847. The lowest BCUT2D eigenvalue weighted by atomic mass is 9.85. The number of hydrogen-bond acceptors (Lipinski definition) is 0. The van der Waals surface area contributed by atoms with Crippen LogP contribution in [0.4, 0.5) is 0 Å². The van der Waals surface area contributed by atoms with Crippen molar-refractivity contribution >= 4 is 0 Å². The number of hydrogen-bond donors (Lipinski definition) is 0. The fourth-order valence-electron chi connectivity index (χ4n) is 3.42. The zero-order valence-electron chi connectivity index (χ0n) is 12.3. The first-order valence-electron chi connectivity index (χ1n) is 7.17. The van der Waals surface area contributed by atoms with Gasteiger partial charge in [0.1, 0.15) is 0 Å². The molecule has 1 nitrogen and oxygen atoms in total. The molecule has 1 heterocycles. The molecule has 1 saturated heterocycles. The molecule has 16 heavy (non-hydrogen) atoms. The lowest BCUT2D eigenvalue weighted by molar-refractivity contribution is -0.945. The van der Waals surface area contributed by atoms with Crippen LogP contribution in [-0.2, 0) is 0 Å². The van der Waals surface area contributed by atoms with Gasteiger partial charge in [-0.25, -0.2) is 0 Å². The van der Waals surface area contributed by atoms with E-state index in [1.165, 1.54) is 36.6 Å². The molecule has 0 bridgehead atoms. The van der Waals surface area contributed by atoms with Gasteiger partial charge < -0.3 is 4.48 Å². The molecule has 0 saturated carbocycles. The second-order valence-corrected chi connectivity index (χ2v) is 7.13. The summed E-state index contributed by atoms with van der Waals surface area (Å²) in [5.74, 6) is 1.69. The highest BCUT2D eigenvalue weighted by molar-refractivity contribution is 4.74. The van der Waals surface area contributed by atoms with Gasteiger partial charge in [0.25, 0.3) is 0 Å². The quantitative estimate of drug-likeness (QED) is 0.634. The van der Waals surface area contributed by atoms with Gasteiger partial charge in [0.2, 0.25) is 0 Å². The lowest BCUT2D eigenvalue weighted by Crippen LogP contribution is -2.58. The molecule has 2 atom stereocenters. The van der Waals surface area contributed by atoms with E-state index in [0.29, 0.717) is 0 Å². The Labute approximate surface area is 103 Å². The molecule has 96 valence electrons. The van der Waals surface area contributed by atoms with E-state index in [4.69, 9.17) is 0 Å². The monoisotopic (exact) mass is 226 g/mol. The van der Waals surface area contributed by atoms with Gasteiger partial charge in [0.05, 0.1) is 26.2 Å². The number of piperidine rings is 1. The minimum Gasteiger partial charge on any atom is -0.324 e. The van der Waals surface area contributed by atoms with Crippen molar-refractivity contribution in [2.24, 2.45) is 11.8 Å². The summed E-state index contributed by atoms with van der Waals surface area (Å²) < 4.78 is 1.27. The molecule has 0 aliphatic carbocycles. The van der Waals surface area contributed by atoms with Gasteiger partial charge in [-0.05, 0) is 31.1 Å². The number of quaternary nitrogens is 1. The van der Waals surface area contributed by atoms with Crippen LogP contribution < -0.4 is 0 Å². The van der Waals surface area contributed by atoms with Crippen LogP contribution in [0.5, 0.6) is 0 Å². The van der Waals surface area contributed by atoms with Crippen LogP contribution in [0.3, 0.4) is 0 Å². The van der Waals surface area contributed by atoms with Crippen LogP contribution in [-0.4, -0.2) is 30.7 Å². The SMILES string of the molecule is CC(C)CC1CCCC(CC(C)C)[N+]1(C)C. The Morgan fingerprint density at radius 2 is 1.25 bits per heavy atom. The molecule has 0 aromatic rings. The second kappa shape index (κ2) is 5.53. The van der Waals surface area contributed by atoms with E-state index in [1.54, 1.807) is 0 Å². The van der Waals surface area contributed by atoms with E-state index in [2.05, 4.69) is 41.8 Å². The first kappa shape index (κ1) is 14.0. The molecule has 1 aliphatic rings. The second-order valence-electron chi connectivity index (χ2n) is 7.13. The van der Waals surface area contributed by atoms with E-state index < -0.39 is 0 Å². The van der Waals surface area contributed by atoms with Crippen molar-refractivity contribution in [1.82, 2.24) is 0 Å². The Hall–Kier alpha value is -0.0400. The zero-order chi connectivity index (χ0) is 12.3. The van der Waals surface area contributed by atoms with Crippen molar-refractivity contribution in [2.75, 3.05) is 14.1 Å². The summed E-state index contributed by atoms with van der Waals surface area (Å²) in [6, 6.07) is 1.80. The van der Waals surface area contributed by atoms with Crippen LogP contribution in [0.2, 0.25) is 0 Å². The van der Waals surface area contributed by atoms with Gasteiger partial charge in [-0.15, -0.1) is 0 Å². The molecule has 0 aromatic carbocycles. The predicted molar refractivity (Wildman–Crippen MR) is 72.4 cm³/mol. The summed E-state index contributed by atoms with van der Waals surface area (Å²) in [7, 11) is 4.94. The Morgan fingerprint density at radius 1 is 0.875 bits per heavy atom. The van der Waals surface area contributed by atoms with Crippen LogP contribution in [0.1, 0.15) is 59.8 Å². The zero-order valence-corrected chi connectivity index (χ0v) is 12.3. The van der Waals surface area contributed by atoms with E-state index in [0.717, 1.165) is 23.9 Å². The molecule has 0 aromatic heterocycles. The van der Waals surface area contributed by atoms with Gasteiger partial charge in [-0.1, -0.05) is 27.7 Å². The maximum atomic E-state index is 2.47. The number of nitrogens with zero attached hydrogens (tertiary/aromatic N) is 1. The first-order valence-corrected chi connectivity index (χ1v) is 7.17. The number of likely N-dealkylation sites (tertiary alicyclic amines) is 1. The molecule has 2 unspecified atom stereocenters. The highest BCUT2D eigenvalue weighted by Crippen LogP contribution is 2.34. The van der Waals surface area contributed by atoms with E-state index in [9.17, 15) is 0 Å². The summed E-state index contributed by atoms with van der Waals surface area (Å²) >= 11 is 0. The molecule has 0 amide bonds. The fourth-order valence-corrected chi connectivity index (χ4v) is 3.42. The Morgan fingerprint density at radius 3 is 1.56 bits per heavy atom. The third-order valence-electron chi connectivity index (χ3n) is 4.44. The number of rotatable bonds is 4. The molecule has 0 radical (unpaired) electrons. The maximum absolute atomic E-state index is 2.47. The fraction of sp³-hybridized carbons (Fsp3) is 1.00. The van der Waals surface area contributed by atoms with Crippen LogP contribution in [0.15, 0.2) is 0 Å². The average Bonchev–Trinajstić information content (AvgIpc) is 2.11. The van der Waals surface area contributed by atoms with Crippen molar-refractivity contribution < 1.29 is 4.48 Å². The molecule has 0 spiro atoms. The standard InChI is InChI=1S/C15H32N/c1-12(2)10-14-8-7-9-15(11-13(3)4)16(14,5)6/h12-15H,7-11H2,1-6H3/q+1. The first-order chi connectivity index (χ1) is 7.34. The van der Waals surface area contributed by atoms with Gasteiger partial charge in [-0.3, -0.25) is 0 Å². The summed E-state index contributed by atoms with van der Waals surface area (Å²) in [6.45, 7) is 9.47. The maximum Gasteiger partial charge on any atom is 0.0890 e. The smallest absolute Gasteiger partial charge is 0.0890 e. The molecule has 1 fully saturated rings. The highest BCUT2D eigenvalue weighted by Gasteiger charge is 2.39. The molecule has 1 aliphatic heterocycles. The van der Waals surface area contributed by atoms with Crippen molar-refractivity contribution in [1.29, 1.82) is 0 Å². The normalized spacial score (nSPS) is 30.0. The van der Waals surface area contributed by atoms with Crippen molar-refractivity contribution in [2.45, 2.75) is 71.9 Å². The summed E-state index contributed by atoms with van der Waals surface area (Å²) in [5, 5.41) is 0. The third kappa shape index (κ3) is 3.48. The molecular formula is C15H32N+. The topological polar surface area (TPSA) is 0 Å². The van der Waals surface area contributed by atoms with Crippen molar-refractivity contribution in [3.63, 3.8) is 0 Å². The van der Waals surface area contributed by atoms with Crippen LogP contribution in [0, 0.1) is 11.8 Å². The van der Waals surface area contributed by atoms with Gasteiger partial charge in [0.15, 0.2) is 0 Å². The van der Waals surface area contributed by atoms with E-state index in [-0.39, 0.29) is 0 Å². The van der Waals surface area contributed by atoms with Crippen molar-refractivity contribution in [3.8, 4) is 0 Å². The van der Waals surface area contributed by atoms with E-state index in [1.807, 2.05) is 0 Å². The Balaban J connectivity index is 2.66. The third-order valence-corrected chi connectivity index (χ3v) is 4.44. The van der Waals surface area contributed by atoms with Gasteiger partial charge in [0, 0.05) is 12.8 Å². The van der Waals surface area contributed by atoms with Crippen LogP contribution in [0.25, 0.3) is 0 Å². The van der Waals surface area contributed by atoms with Gasteiger partial charge in [-0.2, -0.15) is 0 Å². The lowest BCUT2D eigenvalue weighted by Gasteiger charge is -2.49. The summed E-state index contributed by atoms with van der Waals surface area (Å²) in [6.07, 6.45) is 7.15. The van der Waals surface area contributed by atoms with Gasteiger partial charge >= 0.3 is 0 Å². The Kier molecular flexibility index (Phi) is 4.85. The molecule has 1 rings (SSSR count). The minimum atomic E-state index is 0.847. The summed E-state index contributed by atoms with van der Waals surface area (Å²) in [5.41, 5.74) is 0. The van der Waals surface area contributed by atoms with Crippen LogP contribution >= 0.6 is 0 Å². The molecule has 0 N–H and O–H groups in total. The Bertz CT molecular complexity index is 185. The highest BCUT2D eigenvalue weighted by atomic mass is 15.4. The largest absolute Gasteiger partial charge is 0.324 e. The van der Waals surface area contributed by atoms with Crippen molar-refractivity contribution in [3.05, 3.63) is 0 Å². The predicted octanol–water partition coefficient (Wildman–Crippen LogP) is 4.08. The molecular weight excluding hydrogens is 194 g/mol. The average molecular weight is 226 g/mol. The van der Waals surface area contributed by atoms with E-state index >= 15 is 0 Å².